The van der Waals surface area contributed by atoms with Gasteiger partial charge in [-0.05, 0) is 13.0 Å². The summed E-state index contributed by atoms with van der Waals surface area (Å²) < 4.78 is 4.89. The molecule has 4 N–H and O–H groups in total. The second-order valence-electron chi connectivity index (χ2n) is 3.67. The van der Waals surface area contributed by atoms with Gasteiger partial charge in [0, 0.05) is 6.54 Å². The van der Waals surface area contributed by atoms with Crippen molar-refractivity contribution >= 4 is 29.9 Å². The van der Waals surface area contributed by atoms with E-state index in [0.29, 0.717) is 12.5 Å². The number of nitrogen functional groups attached to an aromatic ring is 1. The molecule has 0 atom stereocenters. The molecule has 0 radical (unpaired) electrons. The van der Waals surface area contributed by atoms with Crippen molar-refractivity contribution in [3.05, 3.63) is 28.0 Å². The van der Waals surface area contributed by atoms with Gasteiger partial charge in [0.25, 0.3) is 0 Å². The first-order valence-corrected chi connectivity index (χ1v) is 5.87. The van der Waals surface area contributed by atoms with Gasteiger partial charge in [0.15, 0.2) is 5.76 Å². The molecule has 0 saturated heterocycles. The highest BCUT2D eigenvalue weighted by Gasteiger charge is 2.10. The lowest BCUT2D eigenvalue weighted by Crippen LogP contribution is -2.08. The van der Waals surface area contributed by atoms with E-state index < -0.39 is 4.92 Å². The summed E-state index contributed by atoms with van der Waals surface area (Å²) in [6.45, 7) is 2.51. The summed E-state index contributed by atoms with van der Waals surface area (Å²) in [6, 6.07) is 2.64. The number of hydrazone groups is 1. The molecule has 0 aromatic carbocycles. The number of hydrogen-bond acceptors (Lipinski definition) is 10. The maximum atomic E-state index is 10.4. The highest BCUT2D eigenvalue weighted by molar-refractivity contribution is 5.76. The molecule has 110 valence electrons. The van der Waals surface area contributed by atoms with Crippen LogP contribution in [0.1, 0.15) is 12.7 Å². The first kappa shape index (κ1) is 14.2. The molecule has 11 heteroatoms. The van der Waals surface area contributed by atoms with Crippen molar-refractivity contribution in [3.8, 4) is 0 Å². The van der Waals surface area contributed by atoms with E-state index in [4.69, 9.17) is 10.2 Å². The van der Waals surface area contributed by atoms with E-state index in [1.807, 2.05) is 6.92 Å². The van der Waals surface area contributed by atoms with Crippen LogP contribution in [0.5, 0.6) is 0 Å². The highest BCUT2D eigenvalue weighted by atomic mass is 16.6. The minimum absolute atomic E-state index is 0.0345. The summed E-state index contributed by atoms with van der Waals surface area (Å²) >= 11 is 0. The highest BCUT2D eigenvalue weighted by Crippen LogP contribution is 2.14. The van der Waals surface area contributed by atoms with Crippen molar-refractivity contribution in [2.24, 2.45) is 5.10 Å². The molecule has 0 aliphatic heterocycles. The number of anilines is 3. The van der Waals surface area contributed by atoms with Crippen molar-refractivity contribution in [1.29, 1.82) is 0 Å². The Bertz CT molecular complexity index is 668. The number of aromatic nitrogens is 3. The first-order valence-electron chi connectivity index (χ1n) is 5.87. The van der Waals surface area contributed by atoms with Gasteiger partial charge in [-0.25, -0.2) is 5.43 Å². The molecular formula is C10H12N8O3. The van der Waals surface area contributed by atoms with Gasteiger partial charge < -0.3 is 15.5 Å². The Hall–Kier alpha value is -3.24. The summed E-state index contributed by atoms with van der Waals surface area (Å²) in [6.07, 6.45) is 1.25. The normalized spacial score (nSPS) is 10.7. The van der Waals surface area contributed by atoms with Gasteiger partial charge in [0.2, 0.25) is 17.8 Å². The van der Waals surface area contributed by atoms with Crippen molar-refractivity contribution in [1.82, 2.24) is 15.0 Å². The minimum Gasteiger partial charge on any atom is -0.400 e. The van der Waals surface area contributed by atoms with Crippen LogP contribution in [0, 0.1) is 10.1 Å². The van der Waals surface area contributed by atoms with E-state index in [9.17, 15) is 10.1 Å². The van der Waals surface area contributed by atoms with Gasteiger partial charge in [0.1, 0.15) is 4.92 Å². The molecule has 2 heterocycles. The molecule has 0 spiro atoms. The number of nitro groups is 1. The predicted octanol–water partition coefficient (Wildman–Crippen LogP) is 0.833. The van der Waals surface area contributed by atoms with Crippen LogP contribution in [0.4, 0.5) is 23.7 Å². The third-order valence-corrected chi connectivity index (χ3v) is 2.14. The van der Waals surface area contributed by atoms with Crippen molar-refractivity contribution in [2.75, 3.05) is 23.0 Å². The topological polar surface area (TPSA) is 157 Å². The molecular weight excluding hydrogens is 280 g/mol. The maximum absolute atomic E-state index is 10.4. The van der Waals surface area contributed by atoms with Gasteiger partial charge in [0.05, 0.1) is 12.3 Å². The van der Waals surface area contributed by atoms with E-state index in [-0.39, 0.29) is 23.5 Å². The SMILES string of the molecule is CCNc1nc(N)nc(N/N=C/c2ccc([N+](=O)[O-])o2)n1. The fourth-order valence-corrected chi connectivity index (χ4v) is 1.34. The Kier molecular flexibility index (Phi) is 4.23. The minimum atomic E-state index is -0.639. The van der Waals surface area contributed by atoms with Crippen molar-refractivity contribution < 1.29 is 9.34 Å². The van der Waals surface area contributed by atoms with Gasteiger partial charge in [-0.3, -0.25) is 10.1 Å². The van der Waals surface area contributed by atoms with Gasteiger partial charge in [-0.2, -0.15) is 20.1 Å². The molecule has 11 nitrogen and oxygen atoms in total. The number of hydrogen-bond donors (Lipinski definition) is 3. The second kappa shape index (κ2) is 6.27. The van der Waals surface area contributed by atoms with E-state index in [1.54, 1.807) is 0 Å². The van der Waals surface area contributed by atoms with E-state index in [2.05, 4.69) is 30.8 Å². The number of rotatable bonds is 6. The van der Waals surface area contributed by atoms with E-state index in [1.165, 1.54) is 18.3 Å². The van der Waals surface area contributed by atoms with Crippen LogP contribution in [-0.2, 0) is 0 Å². The molecule has 21 heavy (non-hydrogen) atoms. The first-order chi connectivity index (χ1) is 10.1. The van der Waals surface area contributed by atoms with Crippen LogP contribution in [0.15, 0.2) is 21.7 Å². The van der Waals surface area contributed by atoms with E-state index in [0.717, 1.165) is 0 Å². The molecule has 0 unspecified atom stereocenters. The lowest BCUT2D eigenvalue weighted by molar-refractivity contribution is -0.402. The zero-order chi connectivity index (χ0) is 15.2. The fraction of sp³-hybridized carbons (Fsp3) is 0.200. The molecule has 2 aromatic rings. The standard InChI is InChI=1S/C10H12N8O3/c1-2-12-9-14-8(11)15-10(16-9)17-13-5-6-3-4-7(21-6)18(19)20/h3-5H,2H2,1H3,(H4,11,12,14,15,16,17)/b13-5+. The monoisotopic (exact) mass is 292 g/mol. The zero-order valence-electron chi connectivity index (χ0n) is 11.0. The Morgan fingerprint density at radius 1 is 1.43 bits per heavy atom. The van der Waals surface area contributed by atoms with Crippen LogP contribution in [-0.4, -0.2) is 32.6 Å². The van der Waals surface area contributed by atoms with Crippen LogP contribution in [0.25, 0.3) is 0 Å². The summed E-state index contributed by atoms with van der Waals surface area (Å²) in [5.74, 6) is 0.331. The van der Waals surface area contributed by atoms with E-state index >= 15 is 0 Å². The Balaban J connectivity index is 2.04. The molecule has 0 fully saturated rings. The average Bonchev–Trinajstić information content (AvgIpc) is 2.87. The number of nitrogens with zero attached hydrogens (tertiary/aromatic N) is 5. The molecule has 0 aliphatic carbocycles. The summed E-state index contributed by atoms with van der Waals surface area (Å²) in [7, 11) is 0. The lowest BCUT2D eigenvalue weighted by Gasteiger charge is -2.04. The predicted molar refractivity (Wildman–Crippen MR) is 75.0 cm³/mol. The molecule has 0 amide bonds. The third-order valence-electron chi connectivity index (χ3n) is 2.14. The largest absolute Gasteiger partial charge is 0.433 e. The van der Waals surface area contributed by atoms with Crippen molar-refractivity contribution in [3.63, 3.8) is 0 Å². The third kappa shape index (κ3) is 3.86. The van der Waals surface area contributed by atoms with Crippen LogP contribution < -0.4 is 16.5 Å². The number of nitrogens with two attached hydrogens (primary N) is 1. The average molecular weight is 292 g/mol. The molecule has 2 rings (SSSR count). The molecule has 2 aromatic heterocycles. The summed E-state index contributed by atoms with van der Waals surface area (Å²) in [4.78, 5) is 21.5. The number of furan rings is 1. The maximum Gasteiger partial charge on any atom is 0.433 e. The molecule has 0 bridgehead atoms. The van der Waals surface area contributed by atoms with Gasteiger partial charge >= 0.3 is 5.88 Å². The van der Waals surface area contributed by atoms with Crippen molar-refractivity contribution in [2.45, 2.75) is 6.92 Å². The van der Waals surface area contributed by atoms with Gasteiger partial charge in [-0.1, -0.05) is 0 Å². The van der Waals surface area contributed by atoms with Crippen LogP contribution in [0.2, 0.25) is 0 Å². The van der Waals surface area contributed by atoms with Crippen LogP contribution in [0.3, 0.4) is 0 Å². The quantitative estimate of drug-likeness (QED) is 0.398. The number of nitrogens with one attached hydrogen (secondary N) is 2. The smallest absolute Gasteiger partial charge is 0.400 e. The summed E-state index contributed by atoms with van der Waals surface area (Å²) in [5.41, 5.74) is 8.05. The summed E-state index contributed by atoms with van der Waals surface area (Å²) in [5, 5.41) is 17.1. The Morgan fingerprint density at radius 3 is 2.86 bits per heavy atom. The fourth-order valence-electron chi connectivity index (χ4n) is 1.34. The Labute approximate surface area is 118 Å². The van der Waals surface area contributed by atoms with Crippen LogP contribution >= 0.6 is 0 Å². The van der Waals surface area contributed by atoms with Gasteiger partial charge in [-0.15, -0.1) is 0 Å². The zero-order valence-corrected chi connectivity index (χ0v) is 11.0. The second-order valence-corrected chi connectivity index (χ2v) is 3.67. The lowest BCUT2D eigenvalue weighted by atomic mass is 10.5. The molecule has 0 saturated carbocycles. The Morgan fingerprint density at radius 2 is 2.19 bits per heavy atom. The molecule has 0 aliphatic rings.